The second-order valence-electron chi connectivity index (χ2n) is 4.44. The third kappa shape index (κ3) is 3.40. The van der Waals surface area contributed by atoms with Crippen molar-refractivity contribution in [1.29, 1.82) is 0 Å². The van der Waals surface area contributed by atoms with E-state index in [2.05, 4.69) is 40.7 Å². The van der Waals surface area contributed by atoms with Gasteiger partial charge in [-0.2, -0.15) is 5.10 Å². The second kappa shape index (κ2) is 6.27. The average molecular weight is 371 g/mol. The summed E-state index contributed by atoms with van der Waals surface area (Å²) >= 11 is 2.22. The molecule has 0 amide bonds. The SMILES string of the molecule is CCCOc1cccc(Cn2nc(C)c(I)c2N)c1. The number of nitrogens with two attached hydrogens (primary N) is 1. The molecule has 0 saturated heterocycles. The van der Waals surface area contributed by atoms with E-state index in [-0.39, 0.29) is 0 Å². The van der Waals surface area contributed by atoms with Crippen molar-refractivity contribution in [2.75, 3.05) is 12.3 Å². The zero-order valence-electron chi connectivity index (χ0n) is 11.2. The minimum absolute atomic E-state index is 0.666. The van der Waals surface area contributed by atoms with Crippen molar-refractivity contribution in [2.24, 2.45) is 0 Å². The van der Waals surface area contributed by atoms with E-state index in [4.69, 9.17) is 10.5 Å². The van der Waals surface area contributed by atoms with Gasteiger partial charge >= 0.3 is 0 Å². The van der Waals surface area contributed by atoms with E-state index in [1.165, 1.54) is 0 Å². The summed E-state index contributed by atoms with van der Waals surface area (Å²) < 4.78 is 8.48. The predicted molar refractivity (Wildman–Crippen MR) is 85.4 cm³/mol. The third-order valence-corrected chi connectivity index (χ3v) is 4.13. The van der Waals surface area contributed by atoms with Gasteiger partial charge in [-0.1, -0.05) is 19.1 Å². The molecular formula is C14H18IN3O. The number of hydrogen-bond donors (Lipinski definition) is 1. The Morgan fingerprint density at radius 3 is 2.84 bits per heavy atom. The molecule has 0 bridgehead atoms. The number of benzene rings is 1. The van der Waals surface area contributed by atoms with E-state index in [1.807, 2.05) is 29.8 Å². The molecule has 0 spiro atoms. The number of ether oxygens (including phenoxy) is 1. The molecule has 2 N–H and O–H groups in total. The highest BCUT2D eigenvalue weighted by Gasteiger charge is 2.09. The molecule has 1 aromatic heterocycles. The lowest BCUT2D eigenvalue weighted by molar-refractivity contribution is 0.317. The fourth-order valence-electron chi connectivity index (χ4n) is 1.82. The highest BCUT2D eigenvalue weighted by molar-refractivity contribution is 14.1. The predicted octanol–water partition coefficient (Wildman–Crippen LogP) is 3.22. The second-order valence-corrected chi connectivity index (χ2v) is 5.52. The van der Waals surface area contributed by atoms with Gasteiger partial charge in [-0.15, -0.1) is 0 Å². The zero-order chi connectivity index (χ0) is 13.8. The molecule has 19 heavy (non-hydrogen) atoms. The van der Waals surface area contributed by atoms with Gasteiger partial charge in [-0.05, 0) is 53.6 Å². The van der Waals surface area contributed by atoms with Gasteiger partial charge in [0, 0.05) is 0 Å². The van der Waals surface area contributed by atoms with Crippen molar-refractivity contribution in [2.45, 2.75) is 26.8 Å². The maximum Gasteiger partial charge on any atom is 0.135 e. The van der Waals surface area contributed by atoms with Gasteiger partial charge in [0.1, 0.15) is 11.6 Å². The van der Waals surface area contributed by atoms with E-state index in [0.717, 1.165) is 39.4 Å². The molecule has 4 nitrogen and oxygen atoms in total. The third-order valence-electron chi connectivity index (χ3n) is 2.79. The van der Waals surface area contributed by atoms with E-state index in [1.54, 1.807) is 0 Å². The summed E-state index contributed by atoms with van der Waals surface area (Å²) in [6.45, 7) is 5.47. The first-order chi connectivity index (χ1) is 9.11. The number of aromatic nitrogens is 2. The largest absolute Gasteiger partial charge is 0.494 e. The van der Waals surface area contributed by atoms with Gasteiger partial charge in [0.05, 0.1) is 22.4 Å². The van der Waals surface area contributed by atoms with Gasteiger partial charge in [0.2, 0.25) is 0 Å². The quantitative estimate of drug-likeness (QED) is 0.822. The van der Waals surface area contributed by atoms with Crippen molar-refractivity contribution in [3.8, 4) is 5.75 Å². The van der Waals surface area contributed by atoms with Crippen molar-refractivity contribution in [1.82, 2.24) is 9.78 Å². The summed E-state index contributed by atoms with van der Waals surface area (Å²) in [5, 5.41) is 4.44. The van der Waals surface area contributed by atoms with Crippen molar-refractivity contribution in [3.63, 3.8) is 0 Å². The van der Waals surface area contributed by atoms with E-state index >= 15 is 0 Å². The van der Waals surface area contributed by atoms with Crippen LogP contribution in [-0.2, 0) is 6.54 Å². The first-order valence-electron chi connectivity index (χ1n) is 6.32. The summed E-state index contributed by atoms with van der Waals surface area (Å²) in [5.41, 5.74) is 8.14. The molecule has 0 fully saturated rings. The molecule has 0 aliphatic heterocycles. The van der Waals surface area contributed by atoms with E-state index in [0.29, 0.717) is 6.54 Å². The average Bonchev–Trinajstić information content (AvgIpc) is 2.64. The summed E-state index contributed by atoms with van der Waals surface area (Å²) in [4.78, 5) is 0. The van der Waals surface area contributed by atoms with Crippen LogP contribution in [0.3, 0.4) is 0 Å². The molecule has 5 heteroatoms. The number of nitrogen functional groups attached to an aromatic ring is 1. The molecule has 1 aromatic carbocycles. The molecule has 2 rings (SSSR count). The highest BCUT2D eigenvalue weighted by Crippen LogP contribution is 2.21. The van der Waals surface area contributed by atoms with Crippen LogP contribution in [0.5, 0.6) is 5.75 Å². The lowest BCUT2D eigenvalue weighted by Gasteiger charge is -2.08. The monoisotopic (exact) mass is 371 g/mol. The Bertz CT molecular complexity index is 566. The molecule has 1 heterocycles. The number of aryl methyl sites for hydroxylation is 1. The Morgan fingerprint density at radius 2 is 2.21 bits per heavy atom. The fraction of sp³-hybridized carbons (Fsp3) is 0.357. The van der Waals surface area contributed by atoms with Gasteiger partial charge in [0.15, 0.2) is 0 Å². The van der Waals surface area contributed by atoms with Crippen LogP contribution < -0.4 is 10.5 Å². The van der Waals surface area contributed by atoms with Crippen LogP contribution in [-0.4, -0.2) is 16.4 Å². The number of anilines is 1. The number of hydrogen-bond acceptors (Lipinski definition) is 3. The Balaban J connectivity index is 2.16. The minimum atomic E-state index is 0.666. The molecule has 0 unspecified atom stereocenters. The normalized spacial score (nSPS) is 10.7. The van der Waals surface area contributed by atoms with Crippen LogP contribution in [0.15, 0.2) is 24.3 Å². The van der Waals surface area contributed by atoms with E-state index < -0.39 is 0 Å². The van der Waals surface area contributed by atoms with Crippen LogP contribution in [0.1, 0.15) is 24.6 Å². The Morgan fingerprint density at radius 1 is 1.42 bits per heavy atom. The van der Waals surface area contributed by atoms with Crippen LogP contribution in [0, 0.1) is 10.5 Å². The first kappa shape index (κ1) is 14.2. The van der Waals surface area contributed by atoms with Crippen LogP contribution in [0.2, 0.25) is 0 Å². The van der Waals surface area contributed by atoms with Crippen molar-refractivity contribution < 1.29 is 4.74 Å². The Labute approximate surface area is 127 Å². The minimum Gasteiger partial charge on any atom is -0.494 e. The summed E-state index contributed by atoms with van der Waals surface area (Å²) in [6.07, 6.45) is 1.01. The number of nitrogens with zero attached hydrogens (tertiary/aromatic N) is 2. The molecule has 0 atom stereocenters. The smallest absolute Gasteiger partial charge is 0.135 e. The maximum absolute atomic E-state index is 6.03. The molecule has 102 valence electrons. The Kier molecular flexibility index (Phi) is 4.68. The van der Waals surface area contributed by atoms with Gasteiger partial charge in [-0.3, -0.25) is 0 Å². The fourth-order valence-corrected chi connectivity index (χ4v) is 2.21. The first-order valence-corrected chi connectivity index (χ1v) is 7.39. The lowest BCUT2D eigenvalue weighted by atomic mass is 10.2. The van der Waals surface area contributed by atoms with Crippen molar-refractivity contribution in [3.05, 3.63) is 39.1 Å². The zero-order valence-corrected chi connectivity index (χ0v) is 13.3. The Hall–Kier alpha value is -1.24. The highest BCUT2D eigenvalue weighted by atomic mass is 127. The molecule has 0 aliphatic carbocycles. The standard InChI is InChI=1S/C14H18IN3O/c1-3-7-19-12-6-4-5-11(8-12)9-18-14(16)13(15)10(2)17-18/h4-6,8H,3,7,9,16H2,1-2H3. The molecule has 2 aromatic rings. The lowest BCUT2D eigenvalue weighted by Crippen LogP contribution is -2.06. The van der Waals surface area contributed by atoms with Gasteiger partial charge in [-0.25, -0.2) is 4.68 Å². The van der Waals surface area contributed by atoms with Crippen LogP contribution in [0.4, 0.5) is 5.82 Å². The van der Waals surface area contributed by atoms with Crippen LogP contribution >= 0.6 is 22.6 Å². The van der Waals surface area contributed by atoms with Crippen molar-refractivity contribution >= 4 is 28.4 Å². The van der Waals surface area contributed by atoms with Crippen LogP contribution in [0.25, 0.3) is 0 Å². The number of rotatable bonds is 5. The van der Waals surface area contributed by atoms with Gasteiger partial charge < -0.3 is 10.5 Å². The molecular weight excluding hydrogens is 353 g/mol. The molecule has 0 radical (unpaired) electrons. The topological polar surface area (TPSA) is 53.1 Å². The van der Waals surface area contributed by atoms with E-state index in [9.17, 15) is 0 Å². The molecule has 0 saturated carbocycles. The van der Waals surface area contributed by atoms with Gasteiger partial charge in [0.25, 0.3) is 0 Å². The summed E-state index contributed by atoms with van der Waals surface area (Å²) in [7, 11) is 0. The molecule has 0 aliphatic rings. The summed E-state index contributed by atoms with van der Waals surface area (Å²) in [6, 6.07) is 8.07. The number of halogens is 1. The maximum atomic E-state index is 6.03. The summed E-state index contributed by atoms with van der Waals surface area (Å²) in [5.74, 6) is 1.62.